The van der Waals surface area contributed by atoms with Gasteiger partial charge in [-0.25, -0.2) is 0 Å². The molecule has 1 atom stereocenters. The van der Waals surface area contributed by atoms with Crippen LogP contribution < -0.4 is 10.5 Å². The molecule has 0 bridgehead atoms. The van der Waals surface area contributed by atoms with E-state index in [2.05, 4.69) is 24.0 Å². The molecule has 2 aliphatic rings. The maximum atomic E-state index is 12.7. The monoisotopic (exact) mass is 403 g/mol. The normalized spacial score (nSPS) is 20.7. The van der Waals surface area contributed by atoms with E-state index in [4.69, 9.17) is 10.5 Å². The predicted molar refractivity (Wildman–Crippen MR) is 109 cm³/mol. The molecule has 1 unspecified atom stereocenters. The molecule has 3 rings (SSSR count). The van der Waals surface area contributed by atoms with E-state index in [1.54, 1.807) is 7.11 Å². The summed E-state index contributed by atoms with van der Waals surface area (Å²) < 4.78 is 5.32. The van der Waals surface area contributed by atoms with Gasteiger partial charge in [-0.15, -0.1) is 24.8 Å². The molecule has 0 radical (unpaired) electrons. The summed E-state index contributed by atoms with van der Waals surface area (Å²) >= 11 is 0. The standard InChI is InChI=1S/C19H29N3O2.2ClH/c1-15(16-6-5-7-17(14-16)24-2)21-10-12-22(13-11-21)18(23)19(20)8-3-4-9-19;;/h5-7,14-15H,3-4,8-13,20H2,1-2H3;2*1H. The number of benzene rings is 1. The molecule has 0 aromatic heterocycles. The van der Waals surface area contributed by atoms with E-state index in [1.807, 2.05) is 17.0 Å². The summed E-state index contributed by atoms with van der Waals surface area (Å²) in [4.78, 5) is 17.1. The Kier molecular flexibility index (Phi) is 8.67. The van der Waals surface area contributed by atoms with Gasteiger partial charge >= 0.3 is 0 Å². The predicted octanol–water partition coefficient (Wildman–Crippen LogP) is 3.02. The molecule has 1 aromatic rings. The summed E-state index contributed by atoms with van der Waals surface area (Å²) in [5, 5.41) is 0. The number of carbonyl (C=O) groups is 1. The van der Waals surface area contributed by atoms with Crippen molar-refractivity contribution in [3.8, 4) is 5.75 Å². The Bertz CT molecular complexity index is 586. The third-order valence-corrected chi connectivity index (χ3v) is 5.65. The largest absolute Gasteiger partial charge is 0.497 e. The van der Waals surface area contributed by atoms with Crippen molar-refractivity contribution in [2.75, 3.05) is 33.3 Å². The van der Waals surface area contributed by atoms with Crippen LogP contribution >= 0.6 is 24.8 Å². The number of rotatable bonds is 4. The van der Waals surface area contributed by atoms with Crippen molar-refractivity contribution in [2.45, 2.75) is 44.2 Å². The number of nitrogens with zero attached hydrogens (tertiary/aromatic N) is 2. The van der Waals surface area contributed by atoms with Gasteiger partial charge in [0.1, 0.15) is 5.75 Å². The number of carbonyl (C=O) groups excluding carboxylic acids is 1. The van der Waals surface area contributed by atoms with Crippen LogP contribution in [-0.2, 0) is 4.79 Å². The maximum absolute atomic E-state index is 12.7. The fourth-order valence-corrected chi connectivity index (χ4v) is 3.96. The lowest BCUT2D eigenvalue weighted by molar-refractivity contribution is -0.138. The summed E-state index contributed by atoms with van der Waals surface area (Å²) in [7, 11) is 1.69. The highest BCUT2D eigenvalue weighted by molar-refractivity contribution is 5.86. The minimum atomic E-state index is -0.597. The van der Waals surface area contributed by atoms with E-state index >= 15 is 0 Å². The lowest BCUT2D eigenvalue weighted by Gasteiger charge is -2.40. The van der Waals surface area contributed by atoms with Crippen molar-refractivity contribution in [3.05, 3.63) is 29.8 Å². The second kappa shape index (κ2) is 9.79. The Labute approximate surface area is 169 Å². The van der Waals surface area contributed by atoms with Gasteiger partial charge in [-0.05, 0) is 37.5 Å². The Hall–Kier alpha value is -1.01. The van der Waals surface area contributed by atoms with Crippen LogP contribution in [0.5, 0.6) is 5.75 Å². The summed E-state index contributed by atoms with van der Waals surface area (Å²) in [5.74, 6) is 1.05. The van der Waals surface area contributed by atoms with Gasteiger partial charge in [0.2, 0.25) is 5.91 Å². The number of ether oxygens (including phenoxy) is 1. The van der Waals surface area contributed by atoms with Gasteiger partial charge in [-0.2, -0.15) is 0 Å². The molecule has 2 fully saturated rings. The van der Waals surface area contributed by atoms with E-state index in [0.717, 1.165) is 57.6 Å². The van der Waals surface area contributed by atoms with Crippen LogP contribution in [0.3, 0.4) is 0 Å². The third kappa shape index (κ3) is 4.83. The number of hydrogen-bond donors (Lipinski definition) is 1. The molecule has 2 N–H and O–H groups in total. The maximum Gasteiger partial charge on any atom is 0.242 e. The number of halogens is 2. The van der Waals surface area contributed by atoms with Crippen molar-refractivity contribution in [1.82, 2.24) is 9.80 Å². The molecule has 5 nitrogen and oxygen atoms in total. The van der Waals surface area contributed by atoms with Crippen LogP contribution in [0.15, 0.2) is 24.3 Å². The first-order valence-electron chi connectivity index (χ1n) is 9.00. The lowest BCUT2D eigenvalue weighted by atomic mass is 9.96. The number of methoxy groups -OCH3 is 1. The average molecular weight is 404 g/mol. The highest BCUT2D eigenvalue weighted by atomic mass is 35.5. The summed E-state index contributed by atoms with van der Waals surface area (Å²) in [6.45, 7) is 5.53. The highest BCUT2D eigenvalue weighted by Crippen LogP contribution is 2.30. The Balaban J connectivity index is 0.00000169. The zero-order chi connectivity index (χ0) is 17.2. The fraction of sp³-hybridized carbons (Fsp3) is 0.632. The zero-order valence-corrected chi connectivity index (χ0v) is 17.3. The molecule has 26 heavy (non-hydrogen) atoms. The lowest BCUT2D eigenvalue weighted by Crippen LogP contribution is -2.58. The molecule has 1 aliphatic carbocycles. The molecule has 1 aliphatic heterocycles. The van der Waals surface area contributed by atoms with Crippen LogP contribution in [0.25, 0.3) is 0 Å². The van der Waals surface area contributed by atoms with Crippen LogP contribution in [-0.4, -0.2) is 54.5 Å². The van der Waals surface area contributed by atoms with Gasteiger partial charge in [0, 0.05) is 32.2 Å². The average Bonchev–Trinajstić information content (AvgIpc) is 3.08. The molecule has 1 amide bonds. The van der Waals surface area contributed by atoms with E-state index in [9.17, 15) is 4.79 Å². The van der Waals surface area contributed by atoms with Gasteiger partial charge in [0.05, 0.1) is 12.6 Å². The Morgan fingerprint density at radius 2 is 1.77 bits per heavy atom. The van der Waals surface area contributed by atoms with Crippen LogP contribution in [0.4, 0.5) is 0 Å². The third-order valence-electron chi connectivity index (χ3n) is 5.65. The fourth-order valence-electron chi connectivity index (χ4n) is 3.96. The second-order valence-corrected chi connectivity index (χ2v) is 7.14. The molecular formula is C19H31Cl2N3O2. The molecule has 0 spiro atoms. The number of nitrogens with two attached hydrogens (primary N) is 1. The van der Waals surface area contributed by atoms with Gasteiger partial charge in [-0.3, -0.25) is 9.69 Å². The molecule has 1 heterocycles. The molecular weight excluding hydrogens is 373 g/mol. The van der Waals surface area contributed by atoms with Crippen molar-refractivity contribution >= 4 is 30.7 Å². The van der Waals surface area contributed by atoms with Crippen LogP contribution in [0.2, 0.25) is 0 Å². The Morgan fingerprint density at radius 3 is 2.35 bits per heavy atom. The number of amides is 1. The van der Waals surface area contributed by atoms with Crippen molar-refractivity contribution in [2.24, 2.45) is 5.73 Å². The summed E-state index contributed by atoms with van der Waals surface area (Å²) in [6.07, 6.45) is 3.84. The topological polar surface area (TPSA) is 58.8 Å². The minimum absolute atomic E-state index is 0. The molecule has 1 saturated heterocycles. The number of piperazine rings is 1. The van der Waals surface area contributed by atoms with Gasteiger partial charge in [0.25, 0.3) is 0 Å². The smallest absolute Gasteiger partial charge is 0.242 e. The first-order valence-corrected chi connectivity index (χ1v) is 9.00. The molecule has 1 aromatic carbocycles. The minimum Gasteiger partial charge on any atom is -0.497 e. The SMILES string of the molecule is COc1cccc(C(C)N2CCN(C(=O)C3(N)CCCC3)CC2)c1.Cl.Cl. The van der Waals surface area contributed by atoms with E-state index < -0.39 is 5.54 Å². The van der Waals surface area contributed by atoms with E-state index in [1.165, 1.54) is 5.56 Å². The van der Waals surface area contributed by atoms with Crippen molar-refractivity contribution in [1.29, 1.82) is 0 Å². The molecule has 1 saturated carbocycles. The highest BCUT2D eigenvalue weighted by Gasteiger charge is 2.40. The van der Waals surface area contributed by atoms with Crippen molar-refractivity contribution < 1.29 is 9.53 Å². The van der Waals surface area contributed by atoms with E-state index in [-0.39, 0.29) is 30.7 Å². The summed E-state index contributed by atoms with van der Waals surface area (Å²) in [5.41, 5.74) is 6.99. The van der Waals surface area contributed by atoms with Gasteiger partial charge in [-0.1, -0.05) is 25.0 Å². The Morgan fingerprint density at radius 1 is 1.15 bits per heavy atom. The quantitative estimate of drug-likeness (QED) is 0.838. The molecule has 7 heteroatoms. The van der Waals surface area contributed by atoms with Crippen molar-refractivity contribution in [3.63, 3.8) is 0 Å². The number of hydrogen-bond acceptors (Lipinski definition) is 4. The van der Waals surface area contributed by atoms with Crippen LogP contribution in [0, 0.1) is 0 Å². The van der Waals surface area contributed by atoms with Gasteiger partial charge < -0.3 is 15.4 Å². The van der Waals surface area contributed by atoms with Gasteiger partial charge in [0.15, 0.2) is 0 Å². The first kappa shape index (κ1) is 23.0. The zero-order valence-electron chi connectivity index (χ0n) is 15.6. The second-order valence-electron chi connectivity index (χ2n) is 7.14. The first-order chi connectivity index (χ1) is 11.5. The van der Waals surface area contributed by atoms with E-state index in [0.29, 0.717) is 6.04 Å². The molecule has 148 valence electrons. The summed E-state index contributed by atoms with van der Waals surface area (Å²) in [6, 6.07) is 8.54. The van der Waals surface area contributed by atoms with Crippen LogP contribution in [0.1, 0.15) is 44.2 Å².